The highest BCUT2D eigenvalue weighted by molar-refractivity contribution is 5.80. The Balaban J connectivity index is 1.36. The zero-order valence-corrected chi connectivity index (χ0v) is 15.5. The predicted octanol–water partition coefficient (Wildman–Crippen LogP) is 2.05. The SMILES string of the molecule is O=C(CCNC(=O)Cc1ccccc1)NCc1ccnc(N2CCCC2)c1. The van der Waals surface area contributed by atoms with Gasteiger partial charge in [0.25, 0.3) is 0 Å². The summed E-state index contributed by atoms with van der Waals surface area (Å²) in [5.74, 6) is 0.834. The van der Waals surface area contributed by atoms with Crippen LogP contribution in [0.15, 0.2) is 48.7 Å². The Hall–Kier alpha value is -2.89. The van der Waals surface area contributed by atoms with Gasteiger partial charge in [0.15, 0.2) is 0 Å². The molecule has 2 aromatic rings. The predicted molar refractivity (Wildman–Crippen MR) is 105 cm³/mol. The Morgan fingerprint density at radius 3 is 2.52 bits per heavy atom. The third-order valence-electron chi connectivity index (χ3n) is 4.61. The van der Waals surface area contributed by atoms with Crippen LogP contribution in [0, 0.1) is 0 Å². The fourth-order valence-corrected chi connectivity index (χ4v) is 3.14. The second-order valence-corrected chi connectivity index (χ2v) is 6.76. The molecule has 1 aliphatic heterocycles. The van der Waals surface area contributed by atoms with Crippen LogP contribution in [0.5, 0.6) is 0 Å². The Morgan fingerprint density at radius 2 is 1.74 bits per heavy atom. The highest BCUT2D eigenvalue weighted by atomic mass is 16.2. The first-order valence-corrected chi connectivity index (χ1v) is 9.48. The van der Waals surface area contributed by atoms with E-state index in [9.17, 15) is 9.59 Å². The van der Waals surface area contributed by atoms with Crippen molar-refractivity contribution in [1.82, 2.24) is 15.6 Å². The van der Waals surface area contributed by atoms with Crippen molar-refractivity contribution in [2.75, 3.05) is 24.5 Å². The van der Waals surface area contributed by atoms with Crippen LogP contribution in [0.2, 0.25) is 0 Å². The second-order valence-electron chi connectivity index (χ2n) is 6.76. The van der Waals surface area contributed by atoms with E-state index in [-0.39, 0.29) is 18.2 Å². The number of carbonyl (C=O) groups excluding carboxylic acids is 2. The molecule has 1 aliphatic rings. The van der Waals surface area contributed by atoms with E-state index in [4.69, 9.17) is 0 Å². The monoisotopic (exact) mass is 366 g/mol. The van der Waals surface area contributed by atoms with Gasteiger partial charge in [0.2, 0.25) is 11.8 Å². The van der Waals surface area contributed by atoms with Crippen molar-refractivity contribution in [3.63, 3.8) is 0 Å². The minimum atomic E-state index is -0.0745. The summed E-state index contributed by atoms with van der Waals surface area (Å²) in [4.78, 5) is 30.6. The van der Waals surface area contributed by atoms with Gasteiger partial charge in [-0.05, 0) is 36.1 Å². The van der Waals surface area contributed by atoms with Crippen molar-refractivity contribution in [3.8, 4) is 0 Å². The van der Waals surface area contributed by atoms with Crippen LogP contribution in [0.25, 0.3) is 0 Å². The number of benzene rings is 1. The lowest BCUT2D eigenvalue weighted by Gasteiger charge is -2.17. The van der Waals surface area contributed by atoms with Gasteiger partial charge in [-0.15, -0.1) is 0 Å². The maximum Gasteiger partial charge on any atom is 0.224 e. The zero-order valence-electron chi connectivity index (χ0n) is 15.5. The molecule has 1 aromatic carbocycles. The second kappa shape index (κ2) is 9.71. The van der Waals surface area contributed by atoms with Crippen molar-refractivity contribution in [2.45, 2.75) is 32.2 Å². The van der Waals surface area contributed by atoms with E-state index in [1.54, 1.807) is 6.20 Å². The number of amides is 2. The molecule has 1 fully saturated rings. The fourth-order valence-electron chi connectivity index (χ4n) is 3.14. The molecule has 0 unspecified atom stereocenters. The summed E-state index contributed by atoms with van der Waals surface area (Å²) in [5, 5.41) is 5.69. The van der Waals surface area contributed by atoms with Gasteiger partial charge in [0.1, 0.15) is 5.82 Å². The fraction of sp³-hybridized carbons (Fsp3) is 0.381. The standard InChI is InChI=1S/C21H26N4O2/c26-20(9-11-23-21(27)15-17-6-2-1-3-7-17)24-16-18-8-10-22-19(14-18)25-12-4-5-13-25/h1-3,6-8,10,14H,4-5,9,11-13,15-16H2,(H,23,27)(H,24,26). The minimum Gasteiger partial charge on any atom is -0.357 e. The van der Waals surface area contributed by atoms with Gasteiger partial charge in [-0.3, -0.25) is 9.59 Å². The Morgan fingerprint density at radius 1 is 0.963 bits per heavy atom. The maximum atomic E-state index is 12.0. The van der Waals surface area contributed by atoms with Crippen molar-refractivity contribution in [3.05, 3.63) is 59.8 Å². The lowest BCUT2D eigenvalue weighted by atomic mass is 10.1. The third-order valence-corrected chi connectivity index (χ3v) is 4.61. The summed E-state index contributed by atoms with van der Waals surface area (Å²) in [5.41, 5.74) is 2.00. The molecule has 0 aliphatic carbocycles. The molecule has 0 bridgehead atoms. The molecule has 2 N–H and O–H groups in total. The van der Waals surface area contributed by atoms with Crippen LogP contribution in [0.4, 0.5) is 5.82 Å². The highest BCUT2D eigenvalue weighted by Gasteiger charge is 2.13. The first-order valence-electron chi connectivity index (χ1n) is 9.48. The number of hydrogen-bond acceptors (Lipinski definition) is 4. The average Bonchev–Trinajstić information content (AvgIpc) is 3.22. The molecule has 6 nitrogen and oxygen atoms in total. The Kier molecular flexibility index (Phi) is 6.79. The largest absolute Gasteiger partial charge is 0.357 e. The number of anilines is 1. The first-order chi connectivity index (χ1) is 13.2. The first kappa shape index (κ1) is 18.9. The average molecular weight is 366 g/mol. The van der Waals surface area contributed by atoms with Gasteiger partial charge >= 0.3 is 0 Å². The van der Waals surface area contributed by atoms with Crippen molar-refractivity contribution < 1.29 is 9.59 Å². The summed E-state index contributed by atoms with van der Waals surface area (Å²) in [6.45, 7) is 2.91. The van der Waals surface area contributed by atoms with Crippen molar-refractivity contribution in [1.29, 1.82) is 0 Å². The summed E-state index contributed by atoms with van der Waals surface area (Å²) in [7, 11) is 0. The smallest absolute Gasteiger partial charge is 0.224 e. The summed E-state index contributed by atoms with van der Waals surface area (Å²) >= 11 is 0. The summed E-state index contributed by atoms with van der Waals surface area (Å²) < 4.78 is 0. The molecule has 2 amide bonds. The number of pyridine rings is 1. The Bertz CT molecular complexity index is 758. The van der Waals surface area contributed by atoms with Crippen molar-refractivity contribution in [2.24, 2.45) is 0 Å². The normalized spacial score (nSPS) is 13.4. The Labute approximate surface area is 160 Å². The number of nitrogens with one attached hydrogen (secondary N) is 2. The molecule has 142 valence electrons. The van der Waals surface area contributed by atoms with E-state index in [1.165, 1.54) is 12.8 Å². The molecule has 0 radical (unpaired) electrons. The van der Waals surface area contributed by atoms with Gasteiger partial charge in [-0.25, -0.2) is 4.98 Å². The van der Waals surface area contributed by atoms with Crippen LogP contribution in [-0.2, 0) is 22.6 Å². The van der Waals surface area contributed by atoms with E-state index in [1.807, 2.05) is 42.5 Å². The van der Waals surface area contributed by atoms with Crippen molar-refractivity contribution >= 4 is 17.6 Å². The van der Waals surface area contributed by atoms with Gasteiger partial charge in [0, 0.05) is 38.8 Å². The van der Waals surface area contributed by atoms with E-state index < -0.39 is 0 Å². The summed E-state index contributed by atoms with van der Waals surface area (Å²) in [6.07, 6.45) is 4.81. The van der Waals surface area contributed by atoms with E-state index in [0.717, 1.165) is 30.0 Å². The number of hydrogen-bond donors (Lipinski definition) is 2. The number of carbonyl (C=O) groups is 2. The van der Waals surface area contributed by atoms with E-state index in [2.05, 4.69) is 20.5 Å². The number of nitrogens with zero attached hydrogens (tertiary/aromatic N) is 2. The molecular formula is C21H26N4O2. The summed E-state index contributed by atoms with van der Waals surface area (Å²) in [6, 6.07) is 13.5. The highest BCUT2D eigenvalue weighted by Crippen LogP contribution is 2.18. The van der Waals surface area contributed by atoms with Crippen LogP contribution in [0.3, 0.4) is 0 Å². The van der Waals surface area contributed by atoms with Crippen LogP contribution < -0.4 is 15.5 Å². The van der Waals surface area contributed by atoms with Crippen LogP contribution >= 0.6 is 0 Å². The third kappa shape index (κ3) is 6.09. The topological polar surface area (TPSA) is 74.3 Å². The van der Waals surface area contributed by atoms with Crippen LogP contribution in [0.1, 0.15) is 30.4 Å². The molecule has 3 rings (SSSR count). The van der Waals surface area contributed by atoms with Gasteiger partial charge in [-0.2, -0.15) is 0 Å². The van der Waals surface area contributed by atoms with Gasteiger partial charge < -0.3 is 15.5 Å². The molecule has 6 heteroatoms. The van der Waals surface area contributed by atoms with Gasteiger partial charge in [-0.1, -0.05) is 30.3 Å². The molecule has 0 atom stereocenters. The van der Waals surface area contributed by atoms with E-state index >= 15 is 0 Å². The molecule has 0 saturated carbocycles. The van der Waals surface area contributed by atoms with Crippen LogP contribution in [-0.4, -0.2) is 36.4 Å². The molecule has 2 heterocycles. The molecular weight excluding hydrogens is 340 g/mol. The minimum absolute atomic E-state index is 0.0709. The molecule has 1 aromatic heterocycles. The maximum absolute atomic E-state index is 12.0. The van der Waals surface area contributed by atoms with E-state index in [0.29, 0.717) is 19.5 Å². The molecule has 27 heavy (non-hydrogen) atoms. The number of aromatic nitrogens is 1. The zero-order chi connectivity index (χ0) is 18.9. The number of rotatable bonds is 8. The molecule has 0 spiro atoms. The lowest BCUT2D eigenvalue weighted by molar-refractivity contribution is -0.122. The van der Waals surface area contributed by atoms with Gasteiger partial charge in [0.05, 0.1) is 6.42 Å². The quantitative estimate of drug-likeness (QED) is 0.750. The lowest BCUT2D eigenvalue weighted by Crippen LogP contribution is -2.31. The molecule has 1 saturated heterocycles.